The molecule has 7 aromatic carbocycles. The van der Waals surface area contributed by atoms with Gasteiger partial charge in [-0.15, -0.1) is 0 Å². The summed E-state index contributed by atoms with van der Waals surface area (Å²) in [5.41, 5.74) is 7.78. The molecule has 4 heteroatoms. The SMILES string of the molecule is c1ccc2c(c1)ccc1c3ccccc3n(-c3ccc4oc5c6ccccc6c(-c6nc7ccccc7o6)cc5c4c3)c21. The number of para-hydroxylation sites is 3. The van der Waals surface area contributed by atoms with Crippen LogP contribution in [0.5, 0.6) is 0 Å². The van der Waals surface area contributed by atoms with Crippen molar-refractivity contribution in [3.8, 4) is 17.1 Å². The molecular weight excluding hydrogens is 528 g/mol. The Morgan fingerprint density at radius 2 is 1.26 bits per heavy atom. The standard InChI is InChI=1S/C39H22N2O2/c1-2-10-25-23(9-1)17-19-28-27-12-5-7-15-34(27)41(37(25)28)24-18-20-35-30(21-24)31-22-32(26-11-3-4-13-29(26)38(31)42-35)39-40-33-14-6-8-16-36(33)43-39/h1-22H. The molecule has 0 fully saturated rings. The van der Waals surface area contributed by atoms with Crippen molar-refractivity contribution in [2.24, 2.45) is 0 Å². The quantitative estimate of drug-likeness (QED) is 0.215. The van der Waals surface area contributed by atoms with Gasteiger partial charge in [-0.25, -0.2) is 4.98 Å². The third-order valence-electron chi connectivity index (χ3n) is 8.80. The maximum absolute atomic E-state index is 6.57. The van der Waals surface area contributed by atoms with E-state index in [4.69, 9.17) is 13.8 Å². The summed E-state index contributed by atoms with van der Waals surface area (Å²) in [5, 5.41) is 9.13. The van der Waals surface area contributed by atoms with Crippen LogP contribution in [0.15, 0.2) is 142 Å². The van der Waals surface area contributed by atoms with Crippen molar-refractivity contribution in [1.82, 2.24) is 9.55 Å². The van der Waals surface area contributed by atoms with Gasteiger partial charge in [0.05, 0.1) is 11.0 Å². The first-order chi connectivity index (χ1) is 21.3. The molecule has 0 unspecified atom stereocenters. The molecule has 0 N–H and O–H groups in total. The van der Waals surface area contributed by atoms with Gasteiger partial charge in [-0.2, -0.15) is 0 Å². The Hall–Kier alpha value is -5.87. The van der Waals surface area contributed by atoms with Gasteiger partial charge in [0.1, 0.15) is 16.7 Å². The van der Waals surface area contributed by atoms with E-state index in [1.54, 1.807) is 0 Å². The Bertz CT molecular complexity index is 2710. The summed E-state index contributed by atoms with van der Waals surface area (Å²) in [5.74, 6) is 0.610. The maximum atomic E-state index is 6.57. The molecule has 200 valence electrons. The summed E-state index contributed by atoms with van der Waals surface area (Å²) >= 11 is 0. The predicted octanol–water partition coefficient (Wildman–Crippen LogP) is 10.8. The van der Waals surface area contributed by atoms with Gasteiger partial charge in [-0.1, -0.05) is 91.0 Å². The topological polar surface area (TPSA) is 44.1 Å². The number of furan rings is 1. The van der Waals surface area contributed by atoms with Gasteiger partial charge in [-0.05, 0) is 53.2 Å². The third-order valence-corrected chi connectivity index (χ3v) is 8.80. The molecule has 0 saturated heterocycles. The number of hydrogen-bond acceptors (Lipinski definition) is 3. The van der Waals surface area contributed by atoms with Crippen molar-refractivity contribution in [2.45, 2.75) is 0 Å². The molecule has 0 spiro atoms. The van der Waals surface area contributed by atoms with Gasteiger partial charge in [0, 0.05) is 43.6 Å². The summed E-state index contributed by atoms with van der Waals surface area (Å²) in [6.45, 7) is 0. The van der Waals surface area contributed by atoms with E-state index in [2.05, 4.69) is 108 Å². The minimum Gasteiger partial charge on any atom is -0.455 e. The van der Waals surface area contributed by atoms with Gasteiger partial charge < -0.3 is 13.4 Å². The van der Waals surface area contributed by atoms with Crippen LogP contribution in [0, 0.1) is 0 Å². The van der Waals surface area contributed by atoms with Gasteiger partial charge >= 0.3 is 0 Å². The van der Waals surface area contributed by atoms with Gasteiger partial charge in [0.25, 0.3) is 0 Å². The highest BCUT2D eigenvalue weighted by molar-refractivity contribution is 6.21. The molecule has 0 aliphatic rings. The Balaban J connectivity index is 1.31. The Kier molecular flexibility index (Phi) is 4.42. The highest BCUT2D eigenvalue weighted by Gasteiger charge is 2.20. The average Bonchev–Trinajstić information content (AvgIpc) is 3.76. The fourth-order valence-electron chi connectivity index (χ4n) is 6.89. The zero-order chi connectivity index (χ0) is 28.1. The zero-order valence-corrected chi connectivity index (χ0v) is 22.9. The van der Waals surface area contributed by atoms with Crippen molar-refractivity contribution >= 4 is 76.4 Å². The Morgan fingerprint density at radius 3 is 2.16 bits per heavy atom. The molecular formula is C39H22N2O2. The second kappa shape index (κ2) is 8.34. The van der Waals surface area contributed by atoms with E-state index in [-0.39, 0.29) is 0 Å². The van der Waals surface area contributed by atoms with E-state index in [9.17, 15) is 0 Å². The number of oxazole rings is 1. The minimum atomic E-state index is 0.610. The number of benzene rings is 7. The van der Waals surface area contributed by atoms with E-state index in [0.717, 1.165) is 55.1 Å². The second-order valence-corrected chi connectivity index (χ2v) is 11.2. The lowest BCUT2D eigenvalue weighted by molar-refractivity contribution is 0.620. The van der Waals surface area contributed by atoms with Crippen LogP contribution in [0.4, 0.5) is 0 Å². The molecule has 10 aromatic rings. The van der Waals surface area contributed by atoms with E-state index in [0.29, 0.717) is 5.89 Å². The Morgan fingerprint density at radius 1 is 0.488 bits per heavy atom. The van der Waals surface area contributed by atoms with Crippen LogP contribution in [0.25, 0.3) is 93.5 Å². The molecule has 0 aliphatic heterocycles. The van der Waals surface area contributed by atoms with Crippen molar-refractivity contribution < 1.29 is 8.83 Å². The van der Waals surface area contributed by atoms with Gasteiger partial charge in [-0.3, -0.25) is 0 Å². The first kappa shape index (κ1) is 22.8. The monoisotopic (exact) mass is 550 g/mol. The zero-order valence-electron chi connectivity index (χ0n) is 22.9. The summed E-state index contributed by atoms with van der Waals surface area (Å²) in [7, 11) is 0. The lowest BCUT2D eigenvalue weighted by Crippen LogP contribution is -1.94. The van der Waals surface area contributed by atoms with Crippen LogP contribution < -0.4 is 0 Å². The maximum Gasteiger partial charge on any atom is 0.227 e. The van der Waals surface area contributed by atoms with Crippen LogP contribution >= 0.6 is 0 Å². The first-order valence-corrected chi connectivity index (χ1v) is 14.5. The number of rotatable bonds is 2. The van der Waals surface area contributed by atoms with E-state index >= 15 is 0 Å². The second-order valence-electron chi connectivity index (χ2n) is 11.2. The molecule has 4 nitrogen and oxygen atoms in total. The molecule has 0 bridgehead atoms. The van der Waals surface area contributed by atoms with Gasteiger partial charge in [0.15, 0.2) is 5.58 Å². The molecule has 3 heterocycles. The van der Waals surface area contributed by atoms with Crippen LogP contribution in [-0.4, -0.2) is 9.55 Å². The van der Waals surface area contributed by atoms with Crippen LogP contribution in [0.2, 0.25) is 0 Å². The summed E-state index contributed by atoms with van der Waals surface area (Å²) in [4.78, 5) is 4.86. The fraction of sp³-hybridized carbons (Fsp3) is 0. The lowest BCUT2D eigenvalue weighted by atomic mass is 10.00. The van der Waals surface area contributed by atoms with Crippen molar-refractivity contribution in [1.29, 1.82) is 0 Å². The molecule has 0 saturated carbocycles. The summed E-state index contributed by atoms with van der Waals surface area (Å²) < 4.78 is 15.2. The molecule has 0 radical (unpaired) electrons. The number of fused-ring (bicyclic) bond motifs is 11. The molecule has 0 aliphatic carbocycles. The van der Waals surface area contributed by atoms with Crippen LogP contribution in [0.1, 0.15) is 0 Å². The molecule has 43 heavy (non-hydrogen) atoms. The number of hydrogen-bond donors (Lipinski definition) is 0. The van der Waals surface area contributed by atoms with E-state index < -0.39 is 0 Å². The molecule has 0 atom stereocenters. The van der Waals surface area contributed by atoms with Crippen molar-refractivity contribution in [3.05, 3.63) is 133 Å². The first-order valence-electron chi connectivity index (χ1n) is 14.5. The van der Waals surface area contributed by atoms with E-state index in [1.807, 2.05) is 30.3 Å². The average molecular weight is 551 g/mol. The fourth-order valence-corrected chi connectivity index (χ4v) is 6.89. The number of aromatic nitrogens is 2. The minimum absolute atomic E-state index is 0.610. The highest BCUT2D eigenvalue weighted by atomic mass is 16.3. The lowest BCUT2D eigenvalue weighted by Gasteiger charge is -2.10. The highest BCUT2D eigenvalue weighted by Crippen LogP contribution is 2.42. The summed E-state index contributed by atoms with van der Waals surface area (Å²) in [6, 6.07) is 46.7. The predicted molar refractivity (Wildman–Crippen MR) is 176 cm³/mol. The summed E-state index contributed by atoms with van der Waals surface area (Å²) in [6.07, 6.45) is 0. The third kappa shape index (κ3) is 3.12. The molecule has 10 rings (SSSR count). The van der Waals surface area contributed by atoms with Gasteiger partial charge in [0.2, 0.25) is 5.89 Å². The smallest absolute Gasteiger partial charge is 0.227 e. The van der Waals surface area contributed by atoms with Crippen LogP contribution in [-0.2, 0) is 0 Å². The normalized spacial score (nSPS) is 12.2. The van der Waals surface area contributed by atoms with Crippen molar-refractivity contribution in [3.63, 3.8) is 0 Å². The number of nitrogens with zero attached hydrogens (tertiary/aromatic N) is 2. The molecule has 3 aromatic heterocycles. The van der Waals surface area contributed by atoms with Crippen molar-refractivity contribution in [2.75, 3.05) is 0 Å². The molecule has 0 amide bonds. The van der Waals surface area contributed by atoms with E-state index in [1.165, 1.54) is 32.6 Å². The largest absolute Gasteiger partial charge is 0.455 e. The van der Waals surface area contributed by atoms with Crippen LogP contribution in [0.3, 0.4) is 0 Å². The Labute approximate surface area is 245 Å².